The molecule has 0 aliphatic carbocycles. The zero-order valence-corrected chi connectivity index (χ0v) is 52.2. The molecule has 3 N–H and O–H groups in total. The van der Waals surface area contributed by atoms with Crippen LogP contribution in [-0.2, 0) is 14.3 Å². The Bertz CT molecular complexity index is 1200. The van der Waals surface area contributed by atoms with Crippen molar-refractivity contribution in [3.8, 4) is 0 Å². The summed E-state index contributed by atoms with van der Waals surface area (Å²) in [6, 6.07) is -0.627. The Kier molecular flexibility index (Phi) is 65.4. The topological polar surface area (TPSA) is 95.9 Å². The van der Waals surface area contributed by atoms with E-state index in [1.807, 2.05) is 6.08 Å². The third-order valence-electron chi connectivity index (χ3n) is 16.5. The Morgan fingerprint density at radius 1 is 0.351 bits per heavy atom. The van der Waals surface area contributed by atoms with Crippen LogP contribution < -0.4 is 5.32 Å². The first kappa shape index (κ1) is 75.3. The maximum Gasteiger partial charge on any atom is 0.305 e. The summed E-state index contributed by atoms with van der Waals surface area (Å²) in [6.45, 7) is 4.93. The second-order valence-electron chi connectivity index (χ2n) is 24.2. The fourth-order valence-corrected chi connectivity index (χ4v) is 11.1. The van der Waals surface area contributed by atoms with Crippen molar-refractivity contribution in [2.75, 3.05) is 13.2 Å². The summed E-state index contributed by atoms with van der Waals surface area (Å²) in [5, 5.41) is 23.2. The third-order valence-corrected chi connectivity index (χ3v) is 16.5. The first-order chi connectivity index (χ1) is 38.0. The Morgan fingerprint density at radius 2 is 0.610 bits per heavy atom. The van der Waals surface area contributed by atoms with Gasteiger partial charge in [0.2, 0.25) is 5.91 Å². The summed E-state index contributed by atoms with van der Waals surface area (Å²) in [7, 11) is 0. The summed E-state index contributed by atoms with van der Waals surface area (Å²) in [5.74, 6) is -0.0529. The number of ether oxygens (including phenoxy) is 1. The Hall–Kier alpha value is -1.66. The number of hydrogen-bond donors (Lipinski definition) is 3. The van der Waals surface area contributed by atoms with E-state index in [2.05, 4.69) is 31.3 Å². The molecule has 0 saturated carbocycles. The molecule has 0 radical (unpaired) electrons. The zero-order chi connectivity index (χ0) is 55.7. The summed E-state index contributed by atoms with van der Waals surface area (Å²) in [4.78, 5) is 24.6. The van der Waals surface area contributed by atoms with Gasteiger partial charge in [0.05, 0.1) is 25.4 Å². The molecule has 0 fully saturated rings. The molecule has 0 aliphatic heterocycles. The smallest absolute Gasteiger partial charge is 0.305 e. The van der Waals surface area contributed by atoms with Gasteiger partial charge < -0.3 is 20.3 Å². The van der Waals surface area contributed by atoms with Crippen molar-refractivity contribution in [3.05, 3.63) is 24.3 Å². The van der Waals surface area contributed by atoms with Crippen LogP contribution >= 0.6 is 0 Å². The van der Waals surface area contributed by atoms with E-state index in [9.17, 15) is 19.8 Å². The quantitative estimate of drug-likeness (QED) is 0.0320. The highest BCUT2D eigenvalue weighted by Crippen LogP contribution is 2.19. The van der Waals surface area contributed by atoms with Crippen molar-refractivity contribution in [1.82, 2.24) is 5.32 Å². The lowest BCUT2D eigenvalue weighted by molar-refractivity contribution is -0.143. The van der Waals surface area contributed by atoms with Crippen LogP contribution in [-0.4, -0.2) is 47.4 Å². The molecule has 0 heterocycles. The van der Waals surface area contributed by atoms with Crippen LogP contribution in [0.4, 0.5) is 0 Å². The van der Waals surface area contributed by atoms with Crippen molar-refractivity contribution in [2.24, 2.45) is 0 Å². The van der Waals surface area contributed by atoms with Crippen LogP contribution in [0.15, 0.2) is 24.3 Å². The van der Waals surface area contributed by atoms with Gasteiger partial charge in [-0.25, -0.2) is 0 Å². The maximum absolute atomic E-state index is 12.5. The predicted molar refractivity (Wildman–Crippen MR) is 338 cm³/mol. The average Bonchev–Trinajstić information content (AvgIpc) is 3.43. The maximum atomic E-state index is 12.5. The highest BCUT2D eigenvalue weighted by atomic mass is 16.5. The molecule has 0 aromatic heterocycles. The van der Waals surface area contributed by atoms with E-state index in [1.54, 1.807) is 6.08 Å². The second-order valence-corrected chi connectivity index (χ2v) is 24.2. The molecule has 456 valence electrons. The van der Waals surface area contributed by atoms with E-state index in [1.165, 1.54) is 321 Å². The second kappa shape index (κ2) is 66.8. The number of unbranched alkanes of at least 4 members (excludes halogenated alkanes) is 53. The number of carbonyl (C=O) groups is 2. The van der Waals surface area contributed by atoms with E-state index in [0.29, 0.717) is 19.4 Å². The lowest BCUT2D eigenvalue weighted by Gasteiger charge is -2.20. The van der Waals surface area contributed by atoms with Gasteiger partial charge in [-0.15, -0.1) is 0 Å². The van der Waals surface area contributed by atoms with Gasteiger partial charge in [0.15, 0.2) is 0 Å². The van der Waals surface area contributed by atoms with Crippen molar-refractivity contribution in [2.45, 2.75) is 405 Å². The highest BCUT2D eigenvalue weighted by Gasteiger charge is 2.18. The summed E-state index contributed by atoms with van der Waals surface area (Å²) in [5.41, 5.74) is 0. The summed E-state index contributed by atoms with van der Waals surface area (Å²) < 4.78 is 5.49. The summed E-state index contributed by atoms with van der Waals surface area (Å²) in [6.07, 6.45) is 83.9. The van der Waals surface area contributed by atoms with E-state index in [0.717, 1.165) is 44.9 Å². The van der Waals surface area contributed by atoms with E-state index < -0.39 is 12.1 Å². The number of amides is 1. The Labute approximate surface area is 481 Å². The number of nitrogens with one attached hydrogen (secondary N) is 1. The van der Waals surface area contributed by atoms with Gasteiger partial charge in [0, 0.05) is 12.8 Å². The van der Waals surface area contributed by atoms with Gasteiger partial charge in [-0.3, -0.25) is 9.59 Å². The average molecular weight is 1080 g/mol. The molecule has 0 bridgehead atoms. The van der Waals surface area contributed by atoms with E-state index in [4.69, 9.17) is 4.74 Å². The lowest BCUT2D eigenvalue weighted by atomic mass is 10.0. The van der Waals surface area contributed by atoms with Gasteiger partial charge in [0.1, 0.15) is 0 Å². The highest BCUT2D eigenvalue weighted by molar-refractivity contribution is 5.76. The first-order valence-electron chi connectivity index (χ1n) is 35.1. The molecule has 6 heteroatoms. The fraction of sp³-hybridized carbons (Fsp3) is 0.915. The number of aliphatic hydroxyl groups excluding tert-OH is 2. The van der Waals surface area contributed by atoms with Gasteiger partial charge in [-0.1, -0.05) is 346 Å². The minimum atomic E-state index is -0.843. The molecule has 6 nitrogen and oxygen atoms in total. The van der Waals surface area contributed by atoms with Crippen LogP contribution in [0.1, 0.15) is 393 Å². The number of aliphatic hydroxyl groups is 2. The molecule has 2 unspecified atom stereocenters. The van der Waals surface area contributed by atoms with Gasteiger partial charge in [-0.2, -0.15) is 0 Å². The van der Waals surface area contributed by atoms with E-state index >= 15 is 0 Å². The molecule has 77 heavy (non-hydrogen) atoms. The zero-order valence-electron chi connectivity index (χ0n) is 52.2. The SMILES string of the molecule is CCCCCCC/C=C\CCCCCCCC(=O)OCCCCCCCCCCCCCCCCCCCCCCCCCCCCC(=O)NC(CO)C(O)/C=C/CCCCCCCCCCCCCCCCCCCC. The Morgan fingerprint density at radius 3 is 0.922 bits per heavy atom. The third kappa shape index (κ3) is 63.4. The monoisotopic (exact) mass is 1080 g/mol. The number of hydrogen-bond acceptors (Lipinski definition) is 5. The molecule has 0 aromatic carbocycles. The molecular formula is C71H137NO5. The molecule has 0 aliphatic rings. The van der Waals surface area contributed by atoms with Crippen LogP contribution in [0.3, 0.4) is 0 Å². The van der Waals surface area contributed by atoms with E-state index in [-0.39, 0.29) is 18.5 Å². The first-order valence-corrected chi connectivity index (χ1v) is 35.1. The fourth-order valence-electron chi connectivity index (χ4n) is 11.1. The molecule has 1 amide bonds. The van der Waals surface area contributed by atoms with Crippen molar-refractivity contribution < 1.29 is 24.5 Å². The van der Waals surface area contributed by atoms with Gasteiger partial charge >= 0.3 is 5.97 Å². The molecule has 0 spiro atoms. The van der Waals surface area contributed by atoms with Crippen LogP contribution in [0.2, 0.25) is 0 Å². The van der Waals surface area contributed by atoms with Gasteiger partial charge in [-0.05, 0) is 57.8 Å². The normalized spacial score (nSPS) is 12.6. The molecule has 2 atom stereocenters. The number of allylic oxidation sites excluding steroid dienone is 3. The largest absolute Gasteiger partial charge is 0.466 e. The minimum absolute atomic E-state index is 0.00899. The molecular weight excluding hydrogens is 947 g/mol. The van der Waals surface area contributed by atoms with Gasteiger partial charge in [0.25, 0.3) is 0 Å². The molecule has 0 saturated heterocycles. The standard InChI is InChI=1S/C71H137NO5/c1-3-5-7-9-11-13-15-17-19-20-21-30-33-36-39-43-47-51-55-59-63-69(74)68(67-73)72-70(75)64-60-56-52-48-44-40-37-34-31-28-26-24-22-23-25-27-29-32-35-38-42-46-50-54-58-62-66-77-71(76)65-61-57-53-49-45-41-18-16-14-12-10-8-6-4-2/h16,18,59,63,68-69,73-74H,3-15,17,19-58,60-62,64-67H2,1-2H3,(H,72,75)/b18-16-,63-59+. The van der Waals surface area contributed by atoms with Crippen molar-refractivity contribution in [3.63, 3.8) is 0 Å². The number of rotatable bonds is 66. The van der Waals surface area contributed by atoms with Crippen LogP contribution in [0.5, 0.6) is 0 Å². The lowest BCUT2D eigenvalue weighted by Crippen LogP contribution is -2.45. The van der Waals surface area contributed by atoms with Crippen LogP contribution in [0, 0.1) is 0 Å². The summed E-state index contributed by atoms with van der Waals surface area (Å²) >= 11 is 0. The molecule has 0 rings (SSSR count). The number of carbonyl (C=O) groups excluding carboxylic acids is 2. The van der Waals surface area contributed by atoms with Crippen molar-refractivity contribution >= 4 is 11.9 Å². The Balaban J connectivity index is 3.38. The van der Waals surface area contributed by atoms with Crippen molar-refractivity contribution in [1.29, 1.82) is 0 Å². The molecule has 0 aromatic rings. The minimum Gasteiger partial charge on any atom is -0.466 e. The number of esters is 1. The van der Waals surface area contributed by atoms with Crippen LogP contribution in [0.25, 0.3) is 0 Å². The predicted octanol–water partition coefficient (Wildman–Crippen LogP) is 22.5.